The van der Waals surface area contributed by atoms with Gasteiger partial charge in [0.1, 0.15) is 6.54 Å². The fourth-order valence-electron chi connectivity index (χ4n) is 1.95. The van der Waals surface area contributed by atoms with Gasteiger partial charge >= 0.3 is 5.97 Å². The van der Waals surface area contributed by atoms with E-state index in [9.17, 15) is 14.4 Å². The lowest BCUT2D eigenvalue weighted by molar-refractivity contribution is -0.143. The van der Waals surface area contributed by atoms with Gasteiger partial charge in [0.2, 0.25) is 0 Å². The van der Waals surface area contributed by atoms with Gasteiger partial charge in [0.05, 0.1) is 26.2 Å². The minimum absolute atomic E-state index is 0.205. The Morgan fingerprint density at radius 1 is 1.21 bits per heavy atom. The molecule has 0 saturated carbocycles. The number of rotatable bonds is 5. The van der Waals surface area contributed by atoms with Gasteiger partial charge in [0.25, 0.3) is 11.1 Å². The maximum absolute atomic E-state index is 12.3. The summed E-state index contributed by atoms with van der Waals surface area (Å²) in [5.74, 6) is -0.191. The Morgan fingerprint density at radius 3 is 2.42 bits per heavy atom. The molecule has 0 bridgehead atoms. The van der Waals surface area contributed by atoms with Crippen molar-refractivity contribution in [2.75, 3.05) is 27.9 Å². The zero-order chi connectivity index (χ0) is 17.9. The Balaban J connectivity index is 2.34. The summed E-state index contributed by atoms with van der Waals surface area (Å²) in [5, 5.41) is -0.520. The smallest absolute Gasteiger partial charge is 0.325 e. The summed E-state index contributed by atoms with van der Waals surface area (Å²) in [6.07, 6.45) is 1.55. The normalized spacial score (nSPS) is 15.8. The molecule has 0 aliphatic carbocycles. The third-order valence-corrected chi connectivity index (χ3v) is 4.77. The molecule has 24 heavy (non-hydrogen) atoms. The second kappa shape index (κ2) is 7.71. The van der Waals surface area contributed by atoms with E-state index in [4.69, 9.17) is 9.47 Å². The number of carbonyl (C=O) groups is 3. The number of ether oxygens (including phenoxy) is 3. The van der Waals surface area contributed by atoms with Gasteiger partial charge in [-0.3, -0.25) is 19.3 Å². The molecule has 0 atom stereocenters. The molecule has 0 unspecified atom stereocenters. The van der Waals surface area contributed by atoms with E-state index in [-0.39, 0.29) is 4.91 Å². The number of thioether (sulfide) groups is 1. The zero-order valence-corrected chi connectivity index (χ0v) is 15.5. The number of amides is 2. The van der Waals surface area contributed by atoms with E-state index in [0.717, 1.165) is 16.7 Å². The summed E-state index contributed by atoms with van der Waals surface area (Å²) in [6.45, 7) is -0.411. The van der Waals surface area contributed by atoms with Crippen molar-refractivity contribution in [2.24, 2.45) is 0 Å². The predicted octanol–water partition coefficient (Wildman–Crippen LogP) is 2.68. The molecule has 0 aromatic heterocycles. The Morgan fingerprint density at radius 2 is 1.83 bits per heavy atom. The van der Waals surface area contributed by atoms with Gasteiger partial charge in [-0.15, -0.1) is 0 Å². The summed E-state index contributed by atoms with van der Waals surface area (Å²) >= 11 is 4.15. The fraction of sp³-hybridized carbons (Fsp3) is 0.267. The van der Waals surface area contributed by atoms with Crippen molar-refractivity contribution < 1.29 is 28.6 Å². The number of esters is 1. The molecule has 9 heteroatoms. The molecular weight excluding hydrogens is 402 g/mol. The summed E-state index contributed by atoms with van der Waals surface area (Å²) in [5.41, 5.74) is 0.635. The standard InChI is InChI=1S/C15H14BrNO6S/c1-21-10-4-8(9(16)6-11(10)22-2)5-12-14(19)17(15(20)24-12)7-13(18)23-3/h4-6H,7H2,1-3H3/b12-5+. The first kappa shape index (κ1) is 18.3. The SMILES string of the molecule is COC(=O)CN1C(=O)S/C(=C/c2cc(OC)c(OC)cc2Br)C1=O. The second-order valence-corrected chi connectivity index (χ2v) is 6.42. The van der Waals surface area contributed by atoms with E-state index in [0.29, 0.717) is 21.5 Å². The molecule has 1 aliphatic heterocycles. The largest absolute Gasteiger partial charge is 0.493 e. The third-order valence-electron chi connectivity index (χ3n) is 3.18. The molecule has 128 valence electrons. The molecule has 2 rings (SSSR count). The molecule has 0 spiro atoms. The molecule has 0 radical (unpaired) electrons. The zero-order valence-electron chi connectivity index (χ0n) is 13.1. The van der Waals surface area contributed by atoms with Crippen LogP contribution in [0.4, 0.5) is 4.79 Å². The summed E-state index contributed by atoms with van der Waals surface area (Å²) in [6, 6.07) is 3.38. The fourth-order valence-corrected chi connectivity index (χ4v) is 3.22. The molecule has 1 aromatic rings. The highest BCUT2D eigenvalue weighted by molar-refractivity contribution is 9.10. The maximum Gasteiger partial charge on any atom is 0.325 e. The van der Waals surface area contributed by atoms with E-state index >= 15 is 0 Å². The van der Waals surface area contributed by atoms with E-state index in [1.807, 2.05) is 0 Å². The van der Waals surface area contributed by atoms with E-state index in [2.05, 4.69) is 20.7 Å². The number of nitrogens with zero attached hydrogens (tertiary/aromatic N) is 1. The van der Waals surface area contributed by atoms with Crippen LogP contribution >= 0.6 is 27.7 Å². The Hall–Kier alpha value is -2.00. The van der Waals surface area contributed by atoms with Gasteiger partial charge in [0.15, 0.2) is 11.5 Å². The number of benzene rings is 1. The van der Waals surface area contributed by atoms with Crippen LogP contribution in [0, 0.1) is 0 Å². The average Bonchev–Trinajstić information content (AvgIpc) is 2.83. The number of halogens is 1. The van der Waals surface area contributed by atoms with Crippen LogP contribution in [0.15, 0.2) is 21.5 Å². The molecule has 1 aromatic carbocycles. The number of methoxy groups -OCH3 is 3. The van der Waals surface area contributed by atoms with Gasteiger partial charge in [-0.05, 0) is 35.5 Å². The van der Waals surface area contributed by atoms with Crippen LogP contribution in [0.1, 0.15) is 5.56 Å². The highest BCUT2D eigenvalue weighted by Crippen LogP contribution is 2.37. The van der Waals surface area contributed by atoms with Crippen molar-refractivity contribution in [3.63, 3.8) is 0 Å². The average molecular weight is 416 g/mol. The number of carbonyl (C=O) groups excluding carboxylic acids is 3. The topological polar surface area (TPSA) is 82.1 Å². The van der Waals surface area contributed by atoms with Crippen LogP contribution < -0.4 is 9.47 Å². The summed E-state index contributed by atoms with van der Waals surface area (Å²) in [4.78, 5) is 36.6. The van der Waals surface area contributed by atoms with Crippen molar-refractivity contribution in [2.45, 2.75) is 0 Å². The first-order chi connectivity index (χ1) is 11.4. The minimum atomic E-state index is -0.661. The van der Waals surface area contributed by atoms with Crippen LogP contribution in [0.2, 0.25) is 0 Å². The molecular formula is C15H14BrNO6S. The molecule has 7 nitrogen and oxygen atoms in total. The van der Waals surface area contributed by atoms with Gasteiger partial charge in [0, 0.05) is 4.47 Å². The van der Waals surface area contributed by atoms with Crippen molar-refractivity contribution in [1.29, 1.82) is 0 Å². The lowest BCUT2D eigenvalue weighted by atomic mass is 10.2. The number of hydrogen-bond donors (Lipinski definition) is 0. The molecule has 2 amide bonds. The van der Waals surface area contributed by atoms with E-state index in [1.165, 1.54) is 21.3 Å². The quantitative estimate of drug-likeness (QED) is 0.539. The van der Waals surface area contributed by atoms with E-state index < -0.39 is 23.7 Å². The minimum Gasteiger partial charge on any atom is -0.493 e. The highest BCUT2D eigenvalue weighted by atomic mass is 79.9. The van der Waals surface area contributed by atoms with Crippen LogP contribution in [0.25, 0.3) is 6.08 Å². The van der Waals surface area contributed by atoms with Crippen LogP contribution in [-0.4, -0.2) is 49.9 Å². The van der Waals surface area contributed by atoms with Gasteiger partial charge in [-0.25, -0.2) is 0 Å². The van der Waals surface area contributed by atoms with Crippen LogP contribution in [-0.2, 0) is 14.3 Å². The molecule has 1 aliphatic rings. The van der Waals surface area contributed by atoms with Gasteiger partial charge in [-0.1, -0.05) is 15.9 Å². The Bertz CT molecular complexity index is 733. The molecule has 1 fully saturated rings. The van der Waals surface area contributed by atoms with E-state index in [1.54, 1.807) is 18.2 Å². The van der Waals surface area contributed by atoms with Crippen molar-refractivity contribution in [3.8, 4) is 11.5 Å². The predicted molar refractivity (Wildman–Crippen MR) is 91.9 cm³/mol. The molecule has 0 N–H and O–H groups in total. The summed E-state index contributed by atoms with van der Waals surface area (Å²) < 4.78 is 15.6. The lowest BCUT2D eigenvalue weighted by Crippen LogP contribution is -2.34. The first-order valence-corrected chi connectivity index (χ1v) is 8.26. The maximum atomic E-state index is 12.3. The third kappa shape index (κ3) is 3.73. The van der Waals surface area contributed by atoms with Crippen molar-refractivity contribution >= 4 is 50.9 Å². The molecule has 1 heterocycles. The van der Waals surface area contributed by atoms with Crippen LogP contribution in [0.3, 0.4) is 0 Å². The molecule has 1 saturated heterocycles. The van der Waals surface area contributed by atoms with Crippen molar-refractivity contribution in [3.05, 3.63) is 27.1 Å². The summed E-state index contributed by atoms with van der Waals surface area (Å²) in [7, 11) is 4.21. The first-order valence-electron chi connectivity index (χ1n) is 6.65. The van der Waals surface area contributed by atoms with Crippen molar-refractivity contribution in [1.82, 2.24) is 4.90 Å². The Labute approximate surface area is 151 Å². The van der Waals surface area contributed by atoms with Gasteiger partial charge in [-0.2, -0.15) is 0 Å². The van der Waals surface area contributed by atoms with Crippen LogP contribution in [0.5, 0.6) is 11.5 Å². The highest BCUT2D eigenvalue weighted by Gasteiger charge is 2.36. The lowest BCUT2D eigenvalue weighted by Gasteiger charge is -2.11. The number of imide groups is 1. The second-order valence-electron chi connectivity index (χ2n) is 4.57. The monoisotopic (exact) mass is 415 g/mol. The number of hydrogen-bond acceptors (Lipinski definition) is 7. The van der Waals surface area contributed by atoms with Gasteiger partial charge < -0.3 is 14.2 Å². The Kier molecular flexibility index (Phi) is 5.89.